The van der Waals surface area contributed by atoms with Crippen LogP contribution in [0.5, 0.6) is 0 Å². The summed E-state index contributed by atoms with van der Waals surface area (Å²) in [5.74, 6) is 0. The second-order valence-corrected chi connectivity index (χ2v) is 1.94. The van der Waals surface area contributed by atoms with Crippen molar-refractivity contribution in [3.8, 4) is 0 Å². The molecular weight excluding hydrogens is 330 g/mol. The van der Waals surface area contributed by atoms with Crippen molar-refractivity contribution in [3.63, 3.8) is 0 Å². The van der Waals surface area contributed by atoms with Crippen LogP contribution in [0.2, 0.25) is 5.02 Å². The standard InChI is InChI=1S/C6H5ClN.2BrH.2Mg/c7-5-1-3-6(8)4-2-5;;;;/h1-4,8H;2*1H;;/q-1;;;2*+2/p-2. The van der Waals surface area contributed by atoms with Crippen molar-refractivity contribution < 1.29 is 34.0 Å². The van der Waals surface area contributed by atoms with Crippen LogP contribution in [0.15, 0.2) is 24.3 Å². The van der Waals surface area contributed by atoms with Crippen molar-refractivity contribution in [2.24, 2.45) is 0 Å². The molecule has 0 aliphatic rings. The molecule has 0 bridgehead atoms. The average molecular weight is 335 g/mol. The maximum absolute atomic E-state index is 7.03. The monoisotopic (exact) mass is 332 g/mol. The van der Waals surface area contributed by atoms with E-state index in [1.807, 2.05) is 0 Å². The van der Waals surface area contributed by atoms with Crippen molar-refractivity contribution in [2.75, 3.05) is 0 Å². The van der Waals surface area contributed by atoms with Gasteiger partial charge in [-0.1, -0.05) is 23.7 Å². The van der Waals surface area contributed by atoms with Crippen LogP contribution in [0, 0.1) is 0 Å². The first-order chi connectivity index (χ1) is 3.79. The van der Waals surface area contributed by atoms with E-state index in [9.17, 15) is 0 Å². The molecule has 0 radical (unpaired) electrons. The number of rotatable bonds is 0. The Balaban J connectivity index is -0.0000000800. The summed E-state index contributed by atoms with van der Waals surface area (Å²) < 4.78 is 0. The van der Waals surface area contributed by atoms with Gasteiger partial charge in [-0.15, -0.1) is 5.69 Å². The maximum Gasteiger partial charge on any atom is 2.00 e. The molecule has 1 rings (SSSR count). The largest absolute Gasteiger partial charge is 2.00 e. The van der Waals surface area contributed by atoms with E-state index in [2.05, 4.69) is 0 Å². The molecule has 1 aromatic rings. The Morgan fingerprint density at radius 2 is 1.25 bits per heavy atom. The summed E-state index contributed by atoms with van der Waals surface area (Å²) in [5, 5.41) is 0.681. The molecule has 0 aliphatic heterocycles. The van der Waals surface area contributed by atoms with Crippen LogP contribution in [-0.4, -0.2) is 46.1 Å². The zero-order valence-electron chi connectivity index (χ0n) is 6.36. The van der Waals surface area contributed by atoms with E-state index in [4.69, 9.17) is 17.3 Å². The molecule has 0 spiro atoms. The molecule has 0 aromatic heterocycles. The van der Waals surface area contributed by atoms with E-state index in [0.29, 0.717) is 10.7 Å². The molecule has 12 heavy (non-hydrogen) atoms. The second-order valence-electron chi connectivity index (χ2n) is 1.51. The summed E-state index contributed by atoms with van der Waals surface area (Å²) in [6.07, 6.45) is 0. The van der Waals surface area contributed by atoms with Gasteiger partial charge in [0, 0.05) is 5.02 Å². The summed E-state index contributed by atoms with van der Waals surface area (Å²) in [6.45, 7) is 0. The van der Waals surface area contributed by atoms with E-state index < -0.39 is 0 Å². The van der Waals surface area contributed by atoms with Gasteiger partial charge in [0.25, 0.3) is 0 Å². The topological polar surface area (TPSA) is 23.8 Å². The van der Waals surface area contributed by atoms with Gasteiger partial charge in [-0.2, -0.15) is 0 Å². The predicted molar refractivity (Wildman–Crippen MR) is 46.9 cm³/mol. The zero-order valence-corrected chi connectivity index (χ0v) is 13.1. The van der Waals surface area contributed by atoms with Gasteiger partial charge in [0.1, 0.15) is 0 Å². The quantitative estimate of drug-likeness (QED) is 0.436. The molecular formula is C6H5Br2ClMg2N+. The van der Waals surface area contributed by atoms with Crippen molar-refractivity contribution in [1.29, 1.82) is 0 Å². The van der Waals surface area contributed by atoms with Gasteiger partial charge in [-0.25, -0.2) is 0 Å². The van der Waals surface area contributed by atoms with E-state index in [1.165, 1.54) is 0 Å². The van der Waals surface area contributed by atoms with Gasteiger partial charge in [0.15, 0.2) is 0 Å². The Bertz CT molecular complexity index is 162. The normalized spacial score (nSPS) is 6.08. The van der Waals surface area contributed by atoms with Gasteiger partial charge in [-0.05, 0) is 12.1 Å². The van der Waals surface area contributed by atoms with Gasteiger partial charge >= 0.3 is 46.1 Å². The molecule has 0 atom stereocenters. The van der Waals surface area contributed by atoms with Crippen molar-refractivity contribution >= 4 is 63.4 Å². The Hall–Kier alpha value is 1.80. The summed E-state index contributed by atoms with van der Waals surface area (Å²) in [5.41, 5.74) is 7.53. The first-order valence-electron chi connectivity index (χ1n) is 2.26. The minimum Gasteiger partial charge on any atom is -1.00 e. The van der Waals surface area contributed by atoms with Crippen LogP contribution in [0.3, 0.4) is 0 Å². The Morgan fingerprint density at radius 1 is 0.917 bits per heavy atom. The minimum atomic E-state index is 0. The Morgan fingerprint density at radius 3 is 1.50 bits per heavy atom. The Labute approximate surface area is 131 Å². The zero-order chi connectivity index (χ0) is 5.98. The number of halogens is 3. The number of nitrogens with one attached hydrogen (secondary N) is 1. The minimum absolute atomic E-state index is 0. The summed E-state index contributed by atoms with van der Waals surface area (Å²) in [4.78, 5) is 0. The molecule has 1 nitrogen and oxygen atoms in total. The van der Waals surface area contributed by atoms with E-state index in [0.717, 1.165) is 0 Å². The van der Waals surface area contributed by atoms with E-state index in [-0.39, 0.29) is 80.1 Å². The third-order valence-electron chi connectivity index (χ3n) is 0.844. The predicted octanol–water partition coefficient (Wildman–Crippen LogP) is -3.73. The molecule has 0 saturated heterocycles. The van der Waals surface area contributed by atoms with Crippen LogP contribution >= 0.6 is 11.6 Å². The van der Waals surface area contributed by atoms with Gasteiger partial charge < -0.3 is 39.7 Å². The third-order valence-corrected chi connectivity index (χ3v) is 1.10. The van der Waals surface area contributed by atoms with Gasteiger partial charge in [0.2, 0.25) is 0 Å². The summed E-state index contributed by atoms with van der Waals surface area (Å²) >= 11 is 5.53. The van der Waals surface area contributed by atoms with Gasteiger partial charge in [-0.3, -0.25) is 0 Å². The SMILES string of the molecule is [Br-].[Br-].[Mg+2].[Mg+2].[NH-]c1ccc(Cl)cc1. The molecule has 0 fully saturated rings. The molecule has 0 amide bonds. The van der Waals surface area contributed by atoms with E-state index in [1.54, 1.807) is 24.3 Å². The van der Waals surface area contributed by atoms with Crippen LogP contribution in [-0.2, 0) is 0 Å². The fraction of sp³-hybridized carbons (Fsp3) is 0. The first-order valence-corrected chi connectivity index (χ1v) is 2.64. The maximum atomic E-state index is 7.03. The molecule has 58 valence electrons. The number of hydrogen-bond acceptors (Lipinski definition) is 0. The molecule has 0 unspecified atom stereocenters. The number of hydrogen-bond donors (Lipinski definition) is 0. The summed E-state index contributed by atoms with van der Waals surface area (Å²) in [7, 11) is 0. The molecule has 6 heteroatoms. The van der Waals surface area contributed by atoms with Crippen LogP contribution in [0.1, 0.15) is 0 Å². The summed E-state index contributed by atoms with van der Waals surface area (Å²) in [6, 6.07) is 6.71. The Kier molecular flexibility index (Phi) is 25.1. The smallest absolute Gasteiger partial charge is 1.00 e. The van der Waals surface area contributed by atoms with Crippen LogP contribution in [0.25, 0.3) is 5.73 Å². The molecule has 1 N–H and O–H groups in total. The fourth-order valence-electron chi connectivity index (χ4n) is 0.450. The van der Waals surface area contributed by atoms with E-state index >= 15 is 0 Å². The fourth-order valence-corrected chi connectivity index (χ4v) is 0.576. The van der Waals surface area contributed by atoms with Gasteiger partial charge in [0.05, 0.1) is 0 Å². The van der Waals surface area contributed by atoms with Crippen LogP contribution < -0.4 is 34.0 Å². The molecule has 0 heterocycles. The average Bonchev–Trinajstić information content (AvgIpc) is 1.77. The first kappa shape index (κ1) is 23.5. The van der Waals surface area contributed by atoms with Crippen molar-refractivity contribution in [3.05, 3.63) is 35.0 Å². The van der Waals surface area contributed by atoms with Crippen molar-refractivity contribution in [2.45, 2.75) is 0 Å². The van der Waals surface area contributed by atoms with Crippen molar-refractivity contribution in [1.82, 2.24) is 0 Å². The molecule has 0 aliphatic carbocycles. The number of benzene rings is 1. The third kappa shape index (κ3) is 9.89. The molecule has 1 aromatic carbocycles. The second kappa shape index (κ2) is 12.8. The molecule has 0 saturated carbocycles. The van der Waals surface area contributed by atoms with Crippen LogP contribution in [0.4, 0.5) is 5.69 Å².